The van der Waals surface area contributed by atoms with Gasteiger partial charge in [0, 0.05) is 31.6 Å². The molecular weight excluding hydrogens is 236 g/mol. The van der Waals surface area contributed by atoms with Gasteiger partial charge in [0.05, 0.1) is 0 Å². The molecule has 1 N–H and O–H groups in total. The summed E-state index contributed by atoms with van der Waals surface area (Å²) in [4.78, 5) is 14.4. The molecule has 1 heterocycles. The smallest absolute Gasteiger partial charge is 0.223 e. The van der Waals surface area contributed by atoms with Gasteiger partial charge in [0.2, 0.25) is 5.91 Å². The van der Waals surface area contributed by atoms with Crippen LogP contribution in [0.25, 0.3) is 0 Å². The van der Waals surface area contributed by atoms with Crippen molar-refractivity contribution in [3.63, 3.8) is 0 Å². The zero-order valence-corrected chi connectivity index (χ0v) is 12.2. The van der Waals surface area contributed by atoms with E-state index in [9.17, 15) is 4.79 Å². The first-order valence-electron chi connectivity index (χ1n) is 7.06. The third-order valence-electron chi connectivity index (χ3n) is 3.97. The van der Waals surface area contributed by atoms with Crippen LogP contribution in [-0.4, -0.2) is 36.0 Å². The molecule has 0 spiro atoms. The molecule has 2 rings (SSSR count). The van der Waals surface area contributed by atoms with Crippen molar-refractivity contribution in [2.24, 2.45) is 0 Å². The number of nitrogens with zero attached hydrogens (tertiary/aromatic N) is 1. The van der Waals surface area contributed by atoms with Crippen LogP contribution >= 0.6 is 0 Å². The Balaban J connectivity index is 1.96. The highest BCUT2D eigenvalue weighted by Crippen LogP contribution is 2.18. The molecule has 19 heavy (non-hydrogen) atoms. The lowest BCUT2D eigenvalue weighted by atomic mass is 9.98. The zero-order chi connectivity index (χ0) is 13.9. The summed E-state index contributed by atoms with van der Waals surface area (Å²) in [6, 6.07) is 8.31. The Morgan fingerprint density at radius 3 is 2.79 bits per heavy atom. The van der Waals surface area contributed by atoms with E-state index in [2.05, 4.69) is 38.2 Å². The second-order valence-corrected chi connectivity index (χ2v) is 5.96. The number of aryl methyl sites for hydroxylation is 2. The van der Waals surface area contributed by atoms with Crippen LogP contribution in [0.15, 0.2) is 24.3 Å². The molecule has 1 saturated heterocycles. The van der Waals surface area contributed by atoms with Gasteiger partial charge in [-0.1, -0.05) is 24.3 Å². The van der Waals surface area contributed by atoms with Crippen molar-refractivity contribution in [2.75, 3.05) is 19.6 Å². The normalized spacial score (nSPS) is 18.4. The van der Waals surface area contributed by atoms with Gasteiger partial charge >= 0.3 is 0 Å². The Kier molecular flexibility index (Phi) is 4.25. The molecule has 0 radical (unpaired) electrons. The SMILES string of the molecule is Cc1ccccc1CCC(=O)N1CCNCC1(C)C. The highest BCUT2D eigenvalue weighted by Gasteiger charge is 2.32. The minimum Gasteiger partial charge on any atom is -0.335 e. The summed E-state index contributed by atoms with van der Waals surface area (Å²) in [7, 11) is 0. The summed E-state index contributed by atoms with van der Waals surface area (Å²) in [5, 5.41) is 3.35. The molecule has 1 amide bonds. The van der Waals surface area contributed by atoms with Gasteiger partial charge in [0.25, 0.3) is 0 Å². The number of piperazine rings is 1. The lowest BCUT2D eigenvalue weighted by molar-refractivity contribution is -0.137. The Hall–Kier alpha value is -1.35. The van der Waals surface area contributed by atoms with Crippen LogP contribution in [-0.2, 0) is 11.2 Å². The number of hydrogen-bond donors (Lipinski definition) is 1. The highest BCUT2D eigenvalue weighted by molar-refractivity contribution is 5.77. The molecule has 0 bridgehead atoms. The third kappa shape index (κ3) is 3.35. The second kappa shape index (κ2) is 5.74. The van der Waals surface area contributed by atoms with E-state index in [1.807, 2.05) is 17.0 Å². The van der Waals surface area contributed by atoms with Gasteiger partial charge in [-0.25, -0.2) is 0 Å². The predicted octanol–water partition coefficient (Wildman–Crippen LogP) is 2.14. The molecule has 3 heteroatoms. The first-order valence-corrected chi connectivity index (χ1v) is 7.06. The van der Waals surface area contributed by atoms with E-state index < -0.39 is 0 Å². The molecule has 1 aromatic carbocycles. The summed E-state index contributed by atoms with van der Waals surface area (Å²) in [5.74, 6) is 0.273. The van der Waals surface area contributed by atoms with E-state index in [1.165, 1.54) is 11.1 Å². The average Bonchev–Trinajstić information content (AvgIpc) is 2.37. The van der Waals surface area contributed by atoms with Gasteiger partial charge < -0.3 is 10.2 Å². The maximum Gasteiger partial charge on any atom is 0.223 e. The summed E-state index contributed by atoms with van der Waals surface area (Å²) < 4.78 is 0. The molecule has 1 fully saturated rings. The standard InChI is InChI=1S/C16H24N2O/c1-13-6-4-5-7-14(13)8-9-15(19)18-11-10-17-12-16(18,2)3/h4-7,17H,8-12H2,1-3H3. The van der Waals surface area contributed by atoms with Crippen molar-refractivity contribution < 1.29 is 4.79 Å². The van der Waals surface area contributed by atoms with Crippen LogP contribution in [0.4, 0.5) is 0 Å². The topological polar surface area (TPSA) is 32.3 Å². The largest absolute Gasteiger partial charge is 0.335 e. The number of carbonyl (C=O) groups is 1. The van der Waals surface area contributed by atoms with Crippen LogP contribution in [0.3, 0.4) is 0 Å². The van der Waals surface area contributed by atoms with Gasteiger partial charge in [-0.3, -0.25) is 4.79 Å². The fourth-order valence-corrected chi connectivity index (χ4v) is 2.71. The van der Waals surface area contributed by atoms with E-state index in [1.54, 1.807) is 0 Å². The molecule has 1 aliphatic heterocycles. The van der Waals surface area contributed by atoms with Gasteiger partial charge in [0.15, 0.2) is 0 Å². The Bertz CT molecular complexity index is 454. The molecule has 1 aromatic rings. The monoisotopic (exact) mass is 260 g/mol. The predicted molar refractivity (Wildman–Crippen MR) is 78.2 cm³/mol. The van der Waals surface area contributed by atoms with Gasteiger partial charge in [0.1, 0.15) is 0 Å². The Morgan fingerprint density at radius 1 is 1.37 bits per heavy atom. The molecule has 0 saturated carbocycles. The number of benzene rings is 1. The van der Waals surface area contributed by atoms with Crippen LogP contribution in [0, 0.1) is 6.92 Å². The van der Waals surface area contributed by atoms with Crippen molar-refractivity contribution in [1.29, 1.82) is 0 Å². The molecule has 1 aliphatic rings. The summed E-state index contributed by atoms with van der Waals surface area (Å²) in [6.07, 6.45) is 1.44. The van der Waals surface area contributed by atoms with Crippen LogP contribution in [0.1, 0.15) is 31.4 Å². The van der Waals surface area contributed by atoms with Gasteiger partial charge in [-0.05, 0) is 38.3 Å². The first-order chi connectivity index (χ1) is 9.00. The fourth-order valence-electron chi connectivity index (χ4n) is 2.71. The maximum atomic E-state index is 12.4. The van der Waals surface area contributed by atoms with Crippen molar-refractivity contribution in [3.8, 4) is 0 Å². The highest BCUT2D eigenvalue weighted by atomic mass is 16.2. The van der Waals surface area contributed by atoms with Crippen molar-refractivity contribution in [2.45, 2.75) is 39.2 Å². The first kappa shape index (κ1) is 14.1. The minimum atomic E-state index is -0.0684. The second-order valence-electron chi connectivity index (χ2n) is 5.96. The lowest BCUT2D eigenvalue weighted by Gasteiger charge is -2.43. The Morgan fingerprint density at radius 2 is 2.11 bits per heavy atom. The number of amides is 1. The lowest BCUT2D eigenvalue weighted by Crippen LogP contribution is -2.59. The van der Waals surface area contributed by atoms with E-state index in [-0.39, 0.29) is 11.4 Å². The van der Waals surface area contributed by atoms with Crippen LogP contribution in [0.5, 0.6) is 0 Å². The van der Waals surface area contributed by atoms with E-state index >= 15 is 0 Å². The summed E-state index contributed by atoms with van der Waals surface area (Å²) in [5.41, 5.74) is 2.49. The maximum absolute atomic E-state index is 12.4. The number of hydrogen-bond acceptors (Lipinski definition) is 2. The quantitative estimate of drug-likeness (QED) is 0.903. The van der Waals surface area contributed by atoms with Gasteiger partial charge in [-0.15, -0.1) is 0 Å². The molecule has 104 valence electrons. The van der Waals surface area contributed by atoms with E-state index in [0.717, 1.165) is 26.1 Å². The Labute approximate surface area is 116 Å². The van der Waals surface area contributed by atoms with Crippen molar-refractivity contribution >= 4 is 5.91 Å². The molecule has 3 nitrogen and oxygen atoms in total. The zero-order valence-electron chi connectivity index (χ0n) is 12.2. The molecule has 0 unspecified atom stereocenters. The number of rotatable bonds is 3. The van der Waals surface area contributed by atoms with Crippen molar-refractivity contribution in [3.05, 3.63) is 35.4 Å². The molecule has 0 atom stereocenters. The average molecular weight is 260 g/mol. The van der Waals surface area contributed by atoms with E-state index in [0.29, 0.717) is 6.42 Å². The third-order valence-corrected chi connectivity index (χ3v) is 3.97. The van der Waals surface area contributed by atoms with Crippen molar-refractivity contribution in [1.82, 2.24) is 10.2 Å². The van der Waals surface area contributed by atoms with Crippen LogP contribution < -0.4 is 5.32 Å². The number of nitrogens with one attached hydrogen (secondary N) is 1. The van der Waals surface area contributed by atoms with Gasteiger partial charge in [-0.2, -0.15) is 0 Å². The summed E-state index contributed by atoms with van der Waals surface area (Å²) in [6.45, 7) is 8.96. The molecule has 0 aromatic heterocycles. The minimum absolute atomic E-state index is 0.0684. The molecule has 0 aliphatic carbocycles. The molecular formula is C16H24N2O. The number of carbonyl (C=O) groups excluding carboxylic acids is 1. The van der Waals surface area contributed by atoms with E-state index in [4.69, 9.17) is 0 Å². The fraction of sp³-hybridized carbons (Fsp3) is 0.562. The summed E-state index contributed by atoms with van der Waals surface area (Å²) >= 11 is 0. The van der Waals surface area contributed by atoms with Crippen LogP contribution in [0.2, 0.25) is 0 Å².